The van der Waals surface area contributed by atoms with Crippen LogP contribution in [0, 0.1) is 17.2 Å². The first kappa shape index (κ1) is 17.8. The molecule has 6 heteroatoms. The minimum Gasteiger partial charge on any atom is -0.482 e. The Balaban J connectivity index is 1.66. The summed E-state index contributed by atoms with van der Waals surface area (Å²) >= 11 is 0. The molecule has 1 N–H and O–H groups in total. The molecule has 0 heterocycles. The first-order chi connectivity index (χ1) is 11.6. The van der Waals surface area contributed by atoms with E-state index >= 15 is 0 Å². The largest absolute Gasteiger partial charge is 0.482 e. The third kappa shape index (κ3) is 5.58. The third-order valence-corrected chi connectivity index (χ3v) is 4.16. The van der Waals surface area contributed by atoms with Crippen LogP contribution in [0.3, 0.4) is 0 Å². The quantitative estimate of drug-likeness (QED) is 0.808. The molecule has 0 aromatic heterocycles. The van der Waals surface area contributed by atoms with Crippen LogP contribution in [0.4, 0.5) is 0 Å². The van der Waals surface area contributed by atoms with Crippen LogP contribution in [0.1, 0.15) is 38.2 Å². The van der Waals surface area contributed by atoms with E-state index in [4.69, 9.17) is 14.7 Å². The minimum atomic E-state index is -0.605. The first-order valence-electron chi connectivity index (χ1n) is 8.16. The minimum absolute atomic E-state index is 0.167. The highest BCUT2D eigenvalue weighted by atomic mass is 16.6. The molecule has 6 nitrogen and oxygen atoms in total. The second kappa shape index (κ2) is 8.92. The highest BCUT2D eigenvalue weighted by Gasteiger charge is 2.23. The van der Waals surface area contributed by atoms with E-state index in [1.54, 1.807) is 24.3 Å². The number of ether oxygens (including phenoxy) is 2. The molecule has 0 bridgehead atoms. The lowest BCUT2D eigenvalue weighted by atomic mass is 9.86. The van der Waals surface area contributed by atoms with Gasteiger partial charge in [0.15, 0.2) is 13.2 Å². The molecule has 2 atom stereocenters. The van der Waals surface area contributed by atoms with Crippen LogP contribution in [0.5, 0.6) is 5.75 Å². The molecule has 0 aliphatic heterocycles. The molecule has 0 radical (unpaired) electrons. The number of carbonyl (C=O) groups excluding carboxylic acids is 2. The van der Waals surface area contributed by atoms with Gasteiger partial charge in [-0.25, -0.2) is 4.79 Å². The van der Waals surface area contributed by atoms with E-state index in [9.17, 15) is 9.59 Å². The molecular formula is C18H22N2O4. The Hall–Kier alpha value is -2.55. The number of nitriles is 1. The van der Waals surface area contributed by atoms with Crippen molar-refractivity contribution < 1.29 is 19.1 Å². The molecule has 0 saturated heterocycles. The van der Waals surface area contributed by atoms with Crippen molar-refractivity contribution in [3.05, 3.63) is 29.8 Å². The lowest BCUT2D eigenvalue weighted by Gasteiger charge is -2.29. The molecule has 0 unspecified atom stereocenters. The highest BCUT2D eigenvalue weighted by molar-refractivity contribution is 5.81. The molecule has 1 aromatic carbocycles. The van der Waals surface area contributed by atoms with Crippen LogP contribution in [0.2, 0.25) is 0 Å². The number of hydrogen-bond donors (Lipinski definition) is 1. The van der Waals surface area contributed by atoms with E-state index in [0.29, 0.717) is 17.2 Å². The molecule has 2 rings (SSSR count). The van der Waals surface area contributed by atoms with E-state index in [-0.39, 0.29) is 25.2 Å². The standard InChI is InChI=1S/C18H22N2O4/c1-13-4-2-3-5-16(13)20-17(21)11-24-18(22)12-23-15-8-6-14(10-19)7-9-15/h6-9,13,16H,2-5,11-12H2,1H3,(H,20,21)/t13-,16+/m1/s1. The van der Waals surface area contributed by atoms with Crippen LogP contribution < -0.4 is 10.1 Å². The summed E-state index contributed by atoms with van der Waals surface area (Å²) in [6.07, 6.45) is 4.41. The van der Waals surface area contributed by atoms with E-state index in [0.717, 1.165) is 19.3 Å². The normalized spacial score (nSPS) is 19.8. The molecule has 1 aliphatic carbocycles. The summed E-state index contributed by atoms with van der Waals surface area (Å²) in [4.78, 5) is 23.5. The molecule has 1 amide bonds. The van der Waals surface area contributed by atoms with Crippen LogP contribution in [0.25, 0.3) is 0 Å². The van der Waals surface area contributed by atoms with Gasteiger partial charge in [-0.3, -0.25) is 4.79 Å². The Bertz CT molecular complexity index is 606. The summed E-state index contributed by atoms with van der Waals surface area (Å²) < 4.78 is 10.2. The summed E-state index contributed by atoms with van der Waals surface area (Å²) in [6, 6.07) is 8.56. The van der Waals surface area contributed by atoms with Gasteiger partial charge in [0.2, 0.25) is 0 Å². The molecule has 1 saturated carbocycles. The highest BCUT2D eigenvalue weighted by Crippen LogP contribution is 2.23. The second-order valence-electron chi connectivity index (χ2n) is 6.02. The van der Waals surface area contributed by atoms with Crippen molar-refractivity contribution in [2.24, 2.45) is 5.92 Å². The fourth-order valence-electron chi connectivity index (χ4n) is 2.73. The van der Waals surface area contributed by atoms with E-state index in [1.807, 2.05) is 6.07 Å². The fraction of sp³-hybridized carbons (Fsp3) is 0.500. The Kier molecular flexibility index (Phi) is 6.62. The van der Waals surface area contributed by atoms with E-state index in [2.05, 4.69) is 12.2 Å². The summed E-state index contributed by atoms with van der Waals surface area (Å²) in [6.45, 7) is 1.55. The van der Waals surface area contributed by atoms with Gasteiger partial charge in [0.05, 0.1) is 11.6 Å². The van der Waals surface area contributed by atoms with Crippen LogP contribution in [-0.4, -0.2) is 31.1 Å². The van der Waals surface area contributed by atoms with Gasteiger partial charge in [-0.05, 0) is 43.0 Å². The van der Waals surface area contributed by atoms with Crippen molar-refractivity contribution in [2.75, 3.05) is 13.2 Å². The number of nitrogens with one attached hydrogen (secondary N) is 1. The molecule has 1 aliphatic rings. The SMILES string of the molecule is C[C@@H]1CCCC[C@@H]1NC(=O)COC(=O)COc1ccc(C#N)cc1. The Labute approximate surface area is 141 Å². The van der Waals surface area contributed by atoms with Gasteiger partial charge in [0.25, 0.3) is 5.91 Å². The molecule has 1 fully saturated rings. The predicted molar refractivity (Wildman–Crippen MR) is 87.2 cm³/mol. The molecule has 24 heavy (non-hydrogen) atoms. The van der Waals surface area contributed by atoms with Crippen LogP contribution in [-0.2, 0) is 14.3 Å². The number of esters is 1. The lowest BCUT2D eigenvalue weighted by molar-refractivity contribution is -0.150. The van der Waals surface area contributed by atoms with Gasteiger partial charge in [0, 0.05) is 6.04 Å². The number of benzene rings is 1. The van der Waals surface area contributed by atoms with Crippen molar-refractivity contribution >= 4 is 11.9 Å². The van der Waals surface area contributed by atoms with Crippen molar-refractivity contribution in [2.45, 2.75) is 38.6 Å². The van der Waals surface area contributed by atoms with Crippen molar-refractivity contribution in [1.82, 2.24) is 5.32 Å². The van der Waals surface area contributed by atoms with Gasteiger partial charge in [-0.15, -0.1) is 0 Å². The molecule has 0 spiro atoms. The Morgan fingerprint density at radius 2 is 1.92 bits per heavy atom. The van der Waals surface area contributed by atoms with Gasteiger partial charge < -0.3 is 14.8 Å². The average Bonchev–Trinajstić information content (AvgIpc) is 2.60. The van der Waals surface area contributed by atoms with E-state index in [1.165, 1.54) is 6.42 Å². The number of nitrogens with zero attached hydrogens (tertiary/aromatic N) is 1. The summed E-state index contributed by atoms with van der Waals surface area (Å²) in [5.74, 6) is 0.0382. The van der Waals surface area contributed by atoms with Gasteiger partial charge in [-0.1, -0.05) is 19.8 Å². The second-order valence-corrected chi connectivity index (χ2v) is 6.02. The first-order valence-corrected chi connectivity index (χ1v) is 8.16. The maximum Gasteiger partial charge on any atom is 0.344 e. The Morgan fingerprint density at radius 1 is 1.21 bits per heavy atom. The zero-order chi connectivity index (χ0) is 17.4. The van der Waals surface area contributed by atoms with Crippen molar-refractivity contribution in [3.8, 4) is 11.8 Å². The van der Waals surface area contributed by atoms with Gasteiger partial charge in [0.1, 0.15) is 5.75 Å². The number of carbonyl (C=O) groups is 2. The van der Waals surface area contributed by atoms with Crippen molar-refractivity contribution in [1.29, 1.82) is 5.26 Å². The average molecular weight is 330 g/mol. The topological polar surface area (TPSA) is 88.4 Å². The number of rotatable bonds is 6. The fourth-order valence-corrected chi connectivity index (χ4v) is 2.73. The van der Waals surface area contributed by atoms with Gasteiger partial charge in [-0.2, -0.15) is 5.26 Å². The zero-order valence-corrected chi connectivity index (χ0v) is 13.8. The molecule has 1 aromatic rings. The predicted octanol–water partition coefficient (Wildman–Crippen LogP) is 2.18. The van der Waals surface area contributed by atoms with E-state index < -0.39 is 5.97 Å². The molecule has 128 valence electrons. The maximum atomic E-state index is 11.8. The summed E-state index contributed by atoms with van der Waals surface area (Å²) in [5.41, 5.74) is 0.513. The van der Waals surface area contributed by atoms with Crippen LogP contribution >= 0.6 is 0 Å². The number of amides is 1. The van der Waals surface area contributed by atoms with Gasteiger partial charge >= 0.3 is 5.97 Å². The number of hydrogen-bond acceptors (Lipinski definition) is 5. The lowest BCUT2D eigenvalue weighted by Crippen LogP contribution is -2.43. The monoisotopic (exact) mass is 330 g/mol. The summed E-state index contributed by atoms with van der Waals surface area (Å²) in [7, 11) is 0. The van der Waals surface area contributed by atoms with Crippen molar-refractivity contribution in [3.63, 3.8) is 0 Å². The Morgan fingerprint density at radius 3 is 2.58 bits per heavy atom. The maximum absolute atomic E-state index is 11.8. The smallest absolute Gasteiger partial charge is 0.344 e. The zero-order valence-electron chi connectivity index (χ0n) is 13.8. The van der Waals surface area contributed by atoms with Crippen LogP contribution in [0.15, 0.2) is 24.3 Å². The molecular weight excluding hydrogens is 308 g/mol. The summed E-state index contributed by atoms with van der Waals surface area (Å²) in [5, 5.41) is 11.6. The third-order valence-electron chi connectivity index (χ3n) is 4.16.